The van der Waals surface area contributed by atoms with E-state index in [0.717, 1.165) is 0 Å². The number of hydrogen-bond donors (Lipinski definition) is 0. The Hall–Kier alpha value is -2.33. The van der Waals surface area contributed by atoms with Crippen LogP contribution in [0.3, 0.4) is 0 Å². The summed E-state index contributed by atoms with van der Waals surface area (Å²) in [6.45, 7) is 0. The van der Waals surface area contributed by atoms with Gasteiger partial charge in [-0.1, -0.05) is 5.16 Å². The van der Waals surface area contributed by atoms with E-state index >= 15 is 0 Å². The largest absolute Gasteiger partial charge is 0.497 e. The lowest BCUT2D eigenvalue weighted by Gasteiger charge is -2.25. The van der Waals surface area contributed by atoms with Crippen LogP contribution in [0.15, 0.2) is 28.8 Å². The van der Waals surface area contributed by atoms with Gasteiger partial charge in [-0.15, -0.1) is 0 Å². The normalized spacial score (nSPS) is 13.2. The zero-order valence-corrected chi connectivity index (χ0v) is 11.2. The summed E-state index contributed by atoms with van der Waals surface area (Å²) < 4.78 is 98.1. The Balaban J connectivity index is 2.37. The molecule has 0 fully saturated rings. The average molecular weight is 344 g/mol. The molecule has 0 radical (unpaired) electrons. The third-order valence-electron chi connectivity index (χ3n) is 2.79. The molecule has 23 heavy (non-hydrogen) atoms. The number of methoxy groups -OCH3 is 1. The highest BCUT2D eigenvalue weighted by Crippen LogP contribution is 2.51. The number of ether oxygens (including phenoxy) is 1. The Morgan fingerprint density at radius 1 is 0.957 bits per heavy atom. The topological polar surface area (TPSA) is 48.2 Å². The summed E-state index contributed by atoms with van der Waals surface area (Å²) in [5.41, 5.74) is 0.0377. The Morgan fingerprint density at radius 3 is 2.00 bits per heavy atom. The van der Waals surface area contributed by atoms with E-state index in [1.165, 1.54) is 31.4 Å². The van der Waals surface area contributed by atoms with E-state index in [0.29, 0.717) is 5.75 Å². The molecule has 2 rings (SSSR count). The molecule has 11 heteroatoms. The van der Waals surface area contributed by atoms with Crippen molar-refractivity contribution < 1.29 is 40.0 Å². The van der Waals surface area contributed by atoms with Crippen LogP contribution in [0.1, 0.15) is 5.82 Å². The van der Waals surface area contributed by atoms with E-state index in [9.17, 15) is 30.7 Å². The molecule has 1 heterocycles. The van der Waals surface area contributed by atoms with Gasteiger partial charge < -0.3 is 9.26 Å². The quantitative estimate of drug-likeness (QED) is 0.786. The van der Waals surface area contributed by atoms with E-state index in [1.54, 1.807) is 0 Å². The molecule has 1 aromatic heterocycles. The Labute approximate surface area is 123 Å². The number of aromatic nitrogens is 2. The highest BCUT2D eigenvalue weighted by molar-refractivity contribution is 5.54. The maximum Gasteiger partial charge on any atom is 0.460 e. The molecule has 0 unspecified atom stereocenters. The zero-order chi connectivity index (χ0) is 17.5. The highest BCUT2D eigenvalue weighted by atomic mass is 19.4. The fourth-order valence-electron chi connectivity index (χ4n) is 1.52. The van der Waals surface area contributed by atoms with Crippen molar-refractivity contribution in [3.05, 3.63) is 30.1 Å². The number of alkyl halides is 7. The molecule has 0 aliphatic rings. The lowest BCUT2D eigenvalue weighted by atomic mass is 10.1. The molecule has 0 bridgehead atoms. The molecule has 4 nitrogen and oxygen atoms in total. The van der Waals surface area contributed by atoms with Gasteiger partial charge in [0.1, 0.15) is 5.75 Å². The first-order chi connectivity index (χ1) is 10.5. The van der Waals surface area contributed by atoms with Crippen molar-refractivity contribution in [1.82, 2.24) is 10.1 Å². The van der Waals surface area contributed by atoms with Gasteiger partial charge in [-0.25, -0.2) is 0 Å². The van der Waals surface area contributed by atoms with Crippen molar-refractivity contribution in [2.24, 2.45) is 0 Å². The van der Waals surface area contributed by atoms with Gasteiger partial charge in [-0.2, -0.15) is 35.7 Å². The number of nitrogens with zero attached hydrogens (tertiary/aromatic N) is 2. The Morgan fingerprint density at radius 2 is 1.52 bits per heavy atom. The third kappa shape index (κ3) is 2.82. The number of hydrogen-bond acceptors (Lipinski definition) is 4. The summed E-state index contributed by atoms with van der Waals surface area (Å²) in [4.78, 5) is 2.94. The third-order valence-corrected chi connectivity index (χ3v) is 2.79. The van der Waals surface area contributed by atoms with E-state index in [-0.39, 0.29) is 5.56 Å². The van der Waals surface area contributed by atoms with Crippen LogP contribution in [0.5, 0.6) is 5.75 Å². The molecule has 0 amide bonds. The van der Waals surface area contributed by atoms with Gasteiger partial charge in [0.2, 0.25) is 5.82 Å². The maximum atomic E-state index is 13.4. The van der Waals surface area contributed by atoms with Gasteiger partial charge >= 0.3 is 18.0 Å². The second kappa shape index (κ2) is 5.39. The predicted octanol–water partition coefficient (Wildman–Crippen LogP) is 4.03. The van der Waals surface area contributed by atoms with E-state index in [4.69, 9.17) is 4.74 Å². The molecule has 0 aliphatic carbocycles. The molecule has 0 spiro atoms. The molecule has 0 saturated heterocycles. The molecule has 2 aromatic rings. The lowest BCUT2D eigenvalue weighted by molar-refractivity contribution is -0.361. The Kier molecular flexibility index (Phi) is 3.99. The summed E-state index contributed by atoms with van der Waals surface area (Å²) in [6, 6.07) is 5.30. The van der Waals surface area contributed by atoms with Gasteiger partial charge in [0.15, 0.2) is 0 Å². The maximum absolute atomic E-state index is 13.4. The van der Waals surface area contributed by atoms with E-state index in [1.807, 2.05) is 0 Å². The Bertz CT molecular complexity index is 679. The van der Waals surface area contributed by atoms with E-state index < -0.39 is 29.7 Å². The van der Waals surface area contributed by atoms with Gasteiger partial charge in [0, 0.05) is 5.56 Å². The summed E-state index contributed by atoms with van der Waals surface area (Å²) in [5.74, 6) is -14.3. The first kappa shape index (κ1) is 17.0. The van der Waals surface area contributed by atoms with Crippen LogP contribution >= 0.6 is 0 Å². The molecular formula is C12H7F7N2O2. The lowest BCUT2D eigenvalue weighted by Crippen LogP contribution is -2.50. The summed E-state index contributed by atoms with van der Waals surface area (Å²) >= 11 is 0. The first-order valence-corrected chi connectivity index (χ1v) is 5.81. The van der Waals surface area contributed by atoms with Crippen molar-refractivity contribution in [2.45, 2.75) is 18.0 Å². The minimum absolute atomic E-state index is 0.0377. The van der Waals surface area contributed by atoms with Crippen LogP contribution in [0.2, 0.25) is 0 Å². The van der Waals surface area contributed by atoms with Crippen LogP contribution in [-0.2, 0) is 5.92 Å². The second-order valence-electron chi connectivity index (χ2n) is 4.30. The van der Waals surface area contributed by atoms with Gasteiger partial charge in [-0.3, -0.25) is 0 Å². The molecule has 1 aromatic carbocycles. The van der Waals surface area contributed by atoms with Crippen LogP contribution < -0.4 is 4.74 Å². The molecule has 0 atom stereocenters. The second-order valence-corrected chi connectivity index (χ2v) is 4.30. The van der Waals surface area contributed by atoms with Crippen LogP contribution in [0, 0.1) is 0 Å². The van der Waals surface area contributed by atoms with Gasteiger partial charge in [-0.05, 0) is 24.3 Å². The van der Waals surface area contributed by atoms with Crippen molar-refractivity contribution in [3.8, 4) is 17.2 Å². The standard InChI is InChI=1S/C12H7F7N2O2/c1-22-7-4-2-6(3-5-7)8-20-9(21-23-8)10(13,14)11(15,16)12(17,18)19/h2-5H,1H3. The fourth-order valence-corrected chi connectivity index (χ4v) is 1.52. The summed E-state index contributed by atoms with van der Waals surface area (Å²) in [5, 5.41) is 2.54. The SMILES string of the molecule is COc1ccc(-c2nc(C(F)(F)C(F)(F)C(F)(F)F)no2)cc1. The van der Waals surface area contributed by atoms with Crippen molar-refractivity contribution in [2.75, 3.05) is 7.11 Å². The zero-order valence-electron chi connectivity index (χ0n) is 11.2. The molecular weight excluding hydrogens is 337 g/mol. The van der Waals surface area contributed by atoms with Crippen LogP contribution in [0.4, 0.5) is 30.7 Å². The minimum atomic E-state index is -6.47. The molecule has 0 saturated carbocycles. The van der Waals surface area contributed by atoms with Crippen molar-refractivity contribution >= 4 is 0 Å². The molecule has 0 N–H and O–H groups in total. The minimum Gasteiger partial charge on any atom is -0.497 e. The predicted molar refractivity (Wildman–Crippen MR) is 61.2 cm³/mol. The number of rotatable bonds is 4. The average Bonchev–Trinajstić information content (AvgIpc) is 2.96. The van der Waals surface area contributed by atoms with Crippen molar-refractivity contribution in [3.63, 3.8) is 0 Å². The number of benzene rings is 1. The first-order valence-electron chi connectivity index (χ1n) is 5.81. The van der Waals surface area contributed by atoms with Crippen LogP contribution in [0.25, 0.3) is 11.5 Å². The van der Waals surface area contributed by atoms with E-state index in [2.05, 4.69) is 14.7 Å². The van der Waals surface area contributed by atoms with Gasteiger partial charge in [0.25, 0.3) is 5.89 Å². The molecule has 126 valence electrons. The van der Waals surface area contributed by atoms with Gasteiger partial charge in [0.05, 0.1) is 7.11 Å². The van der Waals surface area contributed by atoms with Crippen molar-refractivity contribution in [1.29, 1.82) is 0 Å². The summed E-state index contributed by atoms with van der Waals surface area (Å²) in [6.07, 6.45) is -6.47. The number of halogens is 7. The summed E-state index contributed by atoms with van der Waals surface area (Å²) in [7, 11) is 1.36. The molecule has 0 aliphatic heterocycles. The monoisotopic (exact) mass is 344 g/mol. The smallest absolute Gasteiger partial charge is 0.460 e. The van der Waals surface area contributed by atoms with Crippen LogP contribution in [-0.4, -0.2) is 29.3 Å². The fraction of sp³-hybridized carbons (Fsp3) is 0.333. The highest BCUT2D eigenvalue weighted by Gasteiger charge is 2.75.